The first-order chi connectivity index (χ1) is 24.8. The molecule has 4 heterocycles. The Morgan fingerprint density at radius 1 is 0.440 bits per heavy atom. The SMILES string of the molecule is c1ccc(-c2cc(-c3ccc4c(c3)nc(-c3ccccc3)c3c4sc4c5ccccc5n(-c5ccccc5)c43)nc(-c3ccccc3)n2)cc1. The lowest BCUT2D eigenvalue weighted by atomic mass is 10.0. The molecule has 0 saturated carbocycles. The number of pyridine rings is 1. The molecule has 10 aromatic rings. The van der Waals surface area contributed by atoms with Crippen molar-refractivity contribution in [2.24, 2.45) is 0 Å². The highest BCUT2D eigenvalue weighted by Gasteiger charge is 2.23. The summed E-state index contributed by atoms with van der Waals surface area (Å²) in [4.78, 5) is 15.6. The minimum atomic E-state index is 0.699. The van der Waals surface area contributed by atoms with Crippen LogP contribution in [-0.4, -0.2) is 19.5 Å². The van der Waals surface area contributed by atoms with E-state index in [2.05, 4.69) is 138 Å². The Bertz CT molecular complexity index is 2780. The summed E-state index contributed by atoms with van der Waals surface area (Å²) >= 11 is 1.86. The van der Waals surface area contributed by atoms with Gasteiger partial charge >= 0.3 is 0 Å². The van der Waals surface area contributed by atoms with Crippen LogP contribution in [0.25, 0.3) is 93.0 Å². The van der Waals surface area contributed by atoms with E-state index in [9.17, 15) is 0 Å². The van der Waals surface area contributed by atoms with Gasteiger partial charge in [0.25, 0.3) is 0 Å². The number of rotatable bonds is 5. The Labute approximate surface area is 292 Å². The van der Waals surface area contributed by atoms with Gasteiger partial charge in [-0.05, 0) is 30.3 Å². The Balaban J connectivity index is 1.26. The standard InChI is InChI=1S/C45H28N4S/c1-5-15-29(16-6-1)36-28-37(48-45(47-36)31-19-9-3-10-20-31)32-25-26-34-38(27-32)46-41(30-17-7-2-8-18-30)40-42-44(50-43(34)40)35-23-13-14-24-39(35)49(42)33-21-11-4-12-22-33/h1-28H. The monoisotopic (exact) mass is 656 g/mol. The second-order valence-corrected chi connectivity index (χ2v) is 13.4. The molecule has 0 radical (unpaired) electrons. The highest BCUT2D eigenvalue weighted by atomic mass is 32.1. The highest BCUT2D eigenvalue weighted by molar-refractivity contribution is 7.27. The van der Waals surface area contributed by atoms with Gasteiger partial charge in [0, 0.05) is 48.8 Å². The second kappa shape index (κ2) is 11.6. The lowest BCUT2D eigenvalue weighted by Gasteiger charge is -2.12. The van der Waals surface area contributed by atoms with Crippen molar-refractivity contribution in [3.8, 4) is 50.8 Å². The van der Waals surface area contributed by atoms with E-state index >= 15 is 0 Å². The van der Waals surface area contributed by atoms with E-state index in [4.69, 9.17) is 15.0 Å². The first-order valence-corrected chi connectivity index (χ1v) is 17.5. The van der Waals surface area contributed by atoms with Gasteiger partial charge in [-0.2, -0.15) is 0 Å². The molecule has 0 aliphatic carbocycles. The number of para-hydroxylation sites is 2. The van der Waals surface area contributed by atoms with E-state index in [0.717, 1.165) is 55.9 Å². The first-order valence-electron chi connectivity index (χ1n) is 16.7. The topological polar surface area (TPSA) is 43.6 Å². The third-order valence-electron chi connectivity index (χ3n) is 9.39. The molecule has 5 heteroatoms. The zero-order valence-electron chi connectivity index (χ0n) is 26.9. The fourth-order valence-electron chi connectivity index (χ4n) is 7.08. The molecule has 0 bridgehead atoms. The number of benzene rings is 6. The lowest BCUT2D eigenvalue weighted by molar-refractivity contribution is 1.18. The number of hydrogen-bond acceptors (Lipinski definition) is 4. The molecular formula is C45H28N4S. The molecule has 6 aromatic carbocycles. The van der Waals surface area contributed by atoms with Crippen LogP contribution in [0.4, 0.5) is 0 Å². The smallest absolute Gasteiger partial charge is 0.160 e. The summed E-state index contributed by atoms with van der Waals surface area (Å²) in [5, 5.41) is 3.56. The van der Waals surface area contributed by atoms with Crippen LogP contribution in [0.15, 0.2) is 170 Å². The molecule has 0 aliphatic heterocycles. The van der Waals surface area contributed by atoms with Crippen LogP contribution >= 0.6 is 11.3 Å². The minimum Gasteiger partial charge on any atom is -0.308 e. The summed E-state index contributed by atoms with van der Waals surface area (Å²) in [6, 6.07) is 59.2. The second-order valence-electron chi connectivity index (χ2n) is 12.4. The first kappa shape index (κ1) is 28.6. The third kappa shape index (κ3) is 4.63. The van der Waals surface area contributed by atoms with Crippen molar-refractivity contribution in [1.29, 1.82) is 0 Å². The average molecular weight is 657 g/mol. The van der Waals surface area contributed by atoms with Crippen molar-refractivity contribution in [1.82, 2.24) is 19.5 Å². The molecule has 4 nitrogen and oxygen atoms in total. The van der Waals surface area contributed by atoms with Crippen LogP contribution < -0.4 is 0 Å². The molecule has 0 unspecified atom stereocenters. The predicted molar refractivity (Wildman–Crippen MR) is 209 cm³/mol. The van der Waals surface area contributed by atoms with Gasteiger partial charge in [0.1, 0.15) is 0 Å². The van der Waals surface area contributed by atoms with Gasteiger partial charge < -0.3 is 4.57 Å². The van der Waals surface area contributed by atoms with Crippen molar-refractivity contribution < 1.29 is 0 Å². The van der Waals surface area contributed by atoms with Gasteiger partial charge in [-0.3, -0.25) is 0 Å². The Morgan fingerprint density at radius 2 is 1.04 bits per heavy atom. The van der Waals surface area contributed by atoms with Crippen molar-refractivity contribution in [2.75, 3.05) is 0 Å². The van der Waals surface area contributed by atoms with Crippen LogP contribution in [0.3, 0.4) is 0 Å². The largest absolute Gasteiger partial charge is 0.308 e. The van der Waals surface area contributed by atoms with Crippen molar-refractivity contribution >= 4 is 53.4 Å². The summed E-state index contributed by atoms with van der Waals surface area (Å²) in [6.07, 6.45) is 0. The van der Waals surface area contributed by atoms with Gasteiger partial charge in [0.05, 0.1) is 38.3 Å². The van der Waals surface area contributed by atoms with Crippen LogP contribution in [0.5, 0.6) is 0 Å². The average Bonchev–Trinajstić information content (AvgIpc) is 3.74. The van der Waals surface area contributed by atoms with Crippen molar-refractivity contribution in [3.63, 3.8) is 0 Å². The lowest BCUT2D eigenvalue weighted by Crippen LogP contribution is -1.97. The summed E-state index contributed by atoms with van der Waals surface area (Å²) in [7, 11) is 0. The normalized spacial score (nSPS) is 11.6. The van der Waals surface area contributed by atoms with Crippen molar-refractivity contribution in [3.05, 3.63) is 170 Å². The van der Waals surface area contributed by atoms with Crippen LogP contribution in [0.1, 0.15) is 0 Å². The van der Waals surface area contributed by atoms with Crippen molar-refractivity contribution in [2.45, 2.75) is 0 Å². The Hall–Kier alpha value is -6.43. The summed E-state index contributed by atoms with van der Waals surface area (Å²) < 4.78 is 4.92. The van der Waals surface area contributed by atoms with Crippen LogP contribution in [-0.2, 0) is 0 Å². The quantitative estimate of drug-likeness (QED) is 0.185. The molecule has 234 valence electrons. The molecule has 0 N–H and O–H groups in total. The highest BCUT2D eigenvalue weighted by Crippen LogP contribution is 2.48. The van der Waals surface area contributed by atoms with Gasteiger partial charge in [-0.25, -0.2) is 15.0 Å². The van der Waals surface area contributed by atoms with Gasteiger partial charge in [-0.1, -0.05) is 140 Å². The Kier molecular flexibility index (Phi) is 6.64. The van der Waals surface area contributed by atoms with Crippen LogP contribution in [0, 0.1) is 0 Å². The van der Waals surface area contributed by atoms with E-state index in [1.807, 2.05) is 47.7 Å². The number of thiophene rings is 1. The summed E-state index contributed by atoms with van der Waals surface area (Å²) in [5.41, 5.74) is 11.3. The maximum Gasteiger partial charge on any atom is 0.160 e. The van der Waals surface area contributed by atoms with E-state index in [1.54, 1.807) is 0 Å². The molecule has 0 amide bonds. The zero-order chi connectivity index (χ0) is 33.0. The molecule has 0 fully saturated rings. The van der Waals surface area contributed by atoms with Gasteiger partial charge in [0.15, 0.2) is 5.82 Å². The molecule has 50 heavy (non-hydrogen) atoms. The summed E-state index contributed by atoms with van der Waals surface area (Å²) in [6.45, 7) is 0. The number of aromatic nitrogens is 4. The zero-order valence-corrected chi connectivity index (χ0v) is 27.7. The molecule has 4 aromatic heterocycles. The molecule has 0 atom stereocenters. The predicted octanol–water partition coefficient (Wildman–Crippen LogP) is 12.0. The van der Waals surface area contributed by atoms with E-state index in [0.29, 0.717) is 5.82 Å². The maximum atomic E-state index is 5.50. The number of hydrogen-bond donors (Lipinski definition) is 0. The van der Waals surface area contributed by atoms with E-state index in [-0.39, 0.29) is 0 Å². The molecule has 10 rings (SSSR count). The fraction of sp³-hybridized carbons (Fsp3) is 0. The van der Waals surface area contributed by atoms with Gasteiger partial charge in [0.2, 0.25) is 0 Å². The maximum absolute atomic E-state index is 5.50. The van der Waals surface area contributed by atoms with E-state index < -0.39 is 0 Å². The molecule has 0 saturated heterocycles. The van der Waals surface area contributed by atoms with Gasteiger partial charge in [-0.15, -0.1) is 11.3 Å². The summed E-state index contributed by atoms with van der Waals surface area (Å²) in [5.74, 6) is 0.699. The van der Waals surface area contributed by atoms with E-state index in [1.165, 1.54) is 31.2 Å². The van der Waals surface area contributed by atoms with Crippen LogP contribution in [0.2, 0.25) is 0 Å². The Morgan fingerprint density at radius 3 is 1.76 bits per heavy atom. The number of fused-ring (bicyclic) bond motifs is 7. The molecule has 0 aliphatic rings. The molecule has 0 spiro atoms. The minimum absolute atomic E-state index is 0.699. The number of nitrogens with zero attached hydrogens (tertiary/aromatic N) is 4. The third-order valence-corrected chi connectivity index (χ3v) is 10.6. The fourth-order valence-corrected chi connectivity index (χ4v) is 8.43. The molecular weight excluding hydrogens is 629 g/mol.